The van der Waals surface area contributed by atoms with Crippen LogP contribution in [-0.2, 0) is 13.0 Å². The van der Waals surface area contributed by atoms with E-state index >= 15 is 0 Å². The summed E-state index contributed by atoms with van der Waals surface area (Å²) in [5.41, 5.74) is 8.56. The molecule has 182 valence electrons. The molecule has 1 aliphatic heterocycles. The van der Waals surface area contributed by atoms with E-state index in [4.69, 9.17) is 9.47 Å². The van der Waals surface area contributed by atoms with Crippen molar-refractivity contribution in [3.05, 3.63) is 94.7 Å². The van der Waals surface area contributed by atoms with E-state index in [9.17, 15) is 0 Å². The molecule has 0 unspecified atom stereocenters. The zero-order chi connectivity index (χ0) is 23.3. The Kier molecular flexibility index (Phi) is 8.11. The molecule has 0 fully saturated rings. The van der Waals surface area contributed by atoms with Gasteiger partial charge in [-0.15, -0.1) is 12.4 Å². The zero-order valence-corrected chi connectivity index (χ0v) is 21.1. The SMILES string of the molecule is Cc1cc(C)cc(Cc2ccc3c(NCCCNCc4cccc5c4OCO5)ccnc3c2)c1.Cl. The van der Waals surface area contributed by atoms with Gasteiger partial charge in [0, 0.05) is 35.9 Å². The van der Waals surface area contributed by atoms with Crippen molar-refractivity contribution in [1.29, 1.82) is 0 Å². The molecular formula is C29H32ClN3O2. The Morgan fingerprint density at radius 1 is 0.886 bits per heavy atom. The normalized spacial score (nSPS) is 11.9. The molecule has 2 N–H and O–H groups in total. The molecule has 5 nitrogen and oxygen atoms in total. The number of ether oxygens (including phenoxy) is 2. The molecule has 1 aliphatic rings. The van der Waals surface area contributed by atoms with Crippen LogP contribution in [0.1, 0.15) is 34.2 Å². The van der Waals surface area contributed by atoms with E-state index in [1.807, 2.05) is 18.3 Å². The molecule has 2 heterocycles. The number of benzene rings is 3. The lowest BCUT2D eigenvalue weighted by Crippen LogP contribution is -2.18. The first-order valence-corrected chi connectivity index (χ1v) is 11.9. The standard InChI is InChI=1S/C29H31N3O2.ClH/c1-20-13-21(2)15-23(14-20)16-22-7-8-25-26(9-12-32-27(25)17-22)31-11-4-10-30-18-24-5-3-6-28-29(24)34-19-33-28;/h3,5-9,12-15,17,30H,4,10-11,16,18-19H2,1-2H3,(H,31,32);1H. The number of nitrogens with one attached hydrogen (secondary N) is 2. The summed E-state index contributed by atoms with van der Waals surface area (Å²) in [7, 11) is 0. The number of hydrogen-bond donors (Lipinski definition) is 2. The monoisotopic (exact) mass is 489 g/mol. The van der Waals surface area contributed by atoms with E-state index in [1.165, 1.54) is 22.3 Å². The Morgan fingerprint density at radius 3 is 2.60 bits per heavy atom. The molecule has 6 heteroatoms. The van der Waals surface area contributed by atoms with Gasteiger partial charge in [0.1, 0.15) is 0 Å². The van der Waals surface area contributed by atoms with Crippen molar-refractivity contribution in [1.82, 2.24) is 10.3 Å². The van der Waals surface area contributed by atoms with E-state index in [0.717, 1.165) is 66.1 Å². The van der Waals surface area contributed by atoms with Gasteiger partial charge in [-0.2, -0.15) is 0 Å². The lowest BCUT2D eigenvalue weighted by atomic mass is 9.99. The van der Waals surface area contributed by atoms with Gasteiger partial charge >= 0.3 is 0 Å². The van der Waals surface area contributed by atoms with Crippen molar-refractivity contribution in [3.63, 3.8) is 0 Å². The van der Waals surface area contributed by atoms with Crippen molar-refractivity contribution in [2.45, 2.75) is 33.2 Å². The van der Waals surface area contributed by atoms with Gasteiger partial charge in [-0.1, -0.05) is 53.6 Å². The molecule has 0 saturated carbocycles. The van der Waals surface area contributed by atoms with Gasteiger partial charge in [-0.3, -0.25) is 4.98 Å². The largest absolute Gasteiger partial charge is 0.454 e. The number of rotatable bonds is 9. The first-order valence-electron chi connectivity index (χ1n) is 11.9. The number of aromatic nitrogens is 1. The zero-order valence-electron chi connectivity index (χ0n) is 20.3. The number of hydrogen-bond acceptors (Lipinski definition) is 5. The Morgan fingerprint density at radius 2 is 1.74 bits per heavy atom. The van der Waals surface area contributed by atoms with Crippen molar-refractivity contribution < 1.29 is 9.47 Å². The number of nitrogens with zero attached hydrogens (tertiary/aromatic N) is 1. The van der Waals surface area contributed by atoms with Crippen molar-refractivity contribution in [2.75, 3.05) is 25.2 Å². The van der Waals surface area contributed by atoms with Gasteiger partial charge in [0.05, 0.1) is 5.52 Å². The molecule has 0 radical (unpaired) electrons. The smallest absolute Gasteiger partial charge is 0.231 e. The number of halogens is 1. The number of aryl methyl sites for hydroxylation is 2. The molecule has 0 atom stereocenters. The maximum absolute atomic E-state index is 5.58. The second kappa shape index (κ2) is 11.4. The number of pyridine rings is 1. The van der Waals surface area contributed by atoms with Crippen LogP contribution in [0.25, 0.3) is 10.9 Å². The van der Waals surface area contributed by atoms with Crippen LogP contribution >= 0.6 is 12.4 Å². The fourth-order valence-corrected chi connectivity index (χ4v) is 4.65. The van der Waals surface area contributed by atoms with Gasteiger partial charge in [0.2, 0.25) is 6.79 Å². The van der Waals surface area contributed by atoms with Crippen LogP contribution in [0.3, 0.4) is 0 Å². The second-order valence-electron chi connectivity index (χ2n) is 8.99. The van der Waals surface area contributed by atoms with Gasteiger partial charge in [-0.05, 0) is 62.6 Å². The lowest BCUT2D eigenvalue weighted by Gasteiger charge is -2.12. The molecular weight excluding hydrogens is 458 g/mol. The molecule has 35 heavy (non-hydrogen) atoms. The van der Waals surface area contributed by atoms with Crippen molar-refractivity contribution >= 4 is 29.0 Å². The second-order valence-corrected chi connectivity index (χ2v) is 8.99. The van der Waals surface area contributed by atoms with Crippen LogP contribution in [0.15, 0.2) is 66.9 Å². The molecule has 5 rings (SSSR count). The number of para-hydroxylation sites is 1. The quantitative estimate of drug-likeness (QED) is 0.275. The van der Waals surface area contributed by atoms with E-state index in [-0.39, 0.29) is 12.4 Å². The minimum absolute atomic E-state index is 0. The van der Waals surface area contributed by atoms with Crippen LogP contribution in [0, 0.1) is 13.8 Å². The summed E-state index contributed by atoms with van der Waals surface area (Å²) >= 11 is 0. The molecule has 0 bridgehead atoms. The topological polar surface area (TPSA) is 55.4 Å². The fraction of sp³-hybridized carbons (Fsp3) is 0.276. The van der Waals surface area contributed by atoms with E-state index < -0.39 is 0 Å². The van der Waals surface area contributed by atoms with Gasteiger partial charge in [-0.25, -0.2) is 0 Å². The van der Waals surface area contributed by atoms with Gasteiger partial charge in [0.15, 0.2) is 11.5 Å². The van der Waals surface area contributed by atoms with Gasteiger partial charge in [0.25, 0.3) is 0 Å². The summed E-state index contributed by atoms with van der Waals surface area (Å²) in [5.74, 6) is 1.70. The Hall–Kier alpha value is -3.28. The van der Waals surface area contributed by atoms with Gasteiger partial charge < -0.3 is 20.1 Å². The summed E-state index contributed by atoms with van der Waals surface area (Å²) in [5, 5.41) is 8.26. The van der Waals surface area contributed by atoms with Crippen molar-refractivity contribution in [3.8, 4) is 11.5 Å². The third-order valence-electron chi connectivity index (χ3n) is 6.14. The molecule has 0 aliphatic carbocycles. The first kappa shape index (κ1) is 24.8. The highest BCUT2D eigenvalue weighted by atomic mass is 35.5. The van der Waals surface area contributed by atoms with E-state index in [0.29, 0.717) is 6.79 Å². The molecule has 0 spiro atoms. The molecule has 1 aromatic heterocycles. The predicted molar refractivity (Wildman–Crippen MR) is 145 cm³/mol. The molecule has 0 saturated heterocycles. The minimum Gasteiger partial charge on any atom is -0.454 e. The highest BCUT2D eigenvalue weighted by molar-refractivity contribution is 5.91. The Labute approximate surface area is 213 Å². The molecule has 4 aromatic rings. The number of anilines is 1. The number of fused-ring (bicyclic) bond motifs is 2. The summed E-state index contributed by atoms with van der Waals surface area (Å²) in [6.45, 7) is 7.20. The van der Waals surface area contributed by atoms with Crippen LogP contribution in [-0.4, -0.2) is 24.9 Å². The van der Waals surface area contributed by atoms with Crippen LogP contribution in [0.4, 0.5) is 5.69 Å². The predicted octanol–water partition coefficient (Wildman–Crippen LogP) is 6.18. The fourth-order valence-electron chi connectivity index (χ4n) is 4.65. The Bertz CT molecular complexity index is 1290. The van der Waals surface area contributed by atoms with E-state index in [1.54, 1.807) is 0 Å². The minimum atomic E-state index is 0. The maximum atomic E-state index is 5.58. The summed E-state index contributed by atoms with van der Waals surface area (Å²) in [4.78, 5) is 4.62. The molecule has 3 aromatic carbocycles. The highest BCUT2D eigenvalue weighted by Crippen LogP contribution is 2.35. The highest BCUT2D eigenvalue weighted by Gasteiger charge is 2.16. The average molecular weight is 490 g/mol. The van der Waals surface area contributed by atoms with Crippen LogP contribution < -0.4 is 20.1 Å². The maximum Gasteiger partial charge on any atom is 0.231 e. The third kappa shape index (κ3) is 6.05. The summed E-state index contributed by atoms with van der Waals surface area (Å²) in [6.07, 6.45) is 3.83. The van der Waals surface area contributed by atoms with Crippen molar-refractivity contribution in [2.24, 2.45) is 0 Å². The average Bonchev–Trinajstić information content (AvgIpc) is 3.30. The van der Waals surface area contributed by atoms with Crippen LogP contribution in [0.5, 0.6) is 11.5 Å². The molecule has 0 amide bonds. The third-order valence-corrected chi connectivity index (χ3v) is 6.14. The Balaban J connectivity index is 0.00000289. The first-order chi connectivity index (χ1) is 16.7. The summed E-state index contributed by atoms with van der Waals surface area (Å²) < 4.78 is 11.0. The summed E-state index contributed by atoms with van der Waals surface area (Å²) in [6, 6.07) is 21.5. The van der Waals surface area contributed by atoms with Crippen LogP contribution in [0.2, 0.25) is 0 Å². The van der Waals surface area contributed by atoms with E-state index in [2.05, 4.69) is 78.0 Å². The lowest BCUT2D eigenvalue weighted by molar-refractivity contribution is 0.173.